The number of nitrogens with one attached hydrogen (secondary N) is 1. The van der Waals surface area contributed by atoms with Gasteiger partial charge in [-0.25, -0.2) is 12.8 Å². The maximum atomic E-state index is 13.3. The normalized spacial score (nSPS) is 12.5. The van der Waals surface area contributed by atoms with Crippen LogP contribution in [0.3, 0.4) is 0 Å². The Hall–Kier alpha value is -2.26. The molecule has 0 heterocycles. The van der Waals surface area contributed by atoms with Gasteiger partial charge >= 0.3 is 0 Å². The van der Waals surface area contributed by atoms with Crippen molar-refractivity contribution in [1.29, 1.82) is 0 Å². The summed E-state index contributed by atoms with van der Waals surface area (Å²) in [6, 6.07) is 18.3. The number of carbonyl (C=O) groups is 1. The minimum Gasteiger partial charge on any atom is -0.348 e. The molecule has 32 heavy (non-hydrogen) atoms. The van der Waals surface area contributed by atoms with Gasteiger partial charge in [0.25, 0.3) is 0 Å². The summed E-state index contributed by atoms with van der Waals surface area (Å²) in [6.07, 6.45) is 0. The lowest BCUT2D eigenvalue weighted by molar-refractivity contribution is -0.122. The van der Waals surface area contributed by atoms with Crippen molar-refractivity contribution in [2.45, 2.75) is 24.4 Å². The highest BCUT2D eigenvalue weighted by molar-refractivity contribution is 9.10. The molecule has 0 aromatic heterocycles. The second kappa shape index (κ2) is 10.6. The molecule has 0 fully saturated rings. The second-order valence-corrected chi connectivity index (χ2v) is 10.5. The molecule has 0 saturated heterocycles. The minimum atomic E-state index is -3.96. The topological polar surface area (TPSA) is 66.5 Å². The third kappa shape index (κ3) is 6.38. The maximum Gasteiger partial charge on any atom is 0.243 e. The zero-order valence-corrected chi connectivity index (χ0v) is 20.3. The first-order chi connectivity index (χ1) is 15.1. The summed E-state index contributed by atoms with van der Waals surface area (Å²) in [5.41, 5.74) is 1.40. The van der Waals surface area contributed by atoms with Gasteiger partial charge in [-0.1, -0.05) is 51.8 Å². The lowest BCUT2D eigenvalue weighted by atomic mass is 10.1. The molecule has 0 aliphatic heterocycles. The van der Waals surface area contributed by atoms with E-state index in [1.165, 1.54) is 24.3 Å². The Morgan fingerprint density at radius 3 is 2.22 bits per heavy atom. The number of benzene rings is 3. The minimum absolute atomic E-state index is 0.00604. The third-order valence-corrected chi connectivity index (χ3v) is 7.38. The van der Waals surface area contributed by atoms with Crippen molar-refractivity contribution >= 4 is 43.5 Å². The molecule has 0 aliphatic rings. The molecule has 9 heteroatoms. The number of nitrogens with zero attached hydrogens (tertiary/aromatic N) is 1. The summed E-state index contributed by atoms with van der Waals surface area (Å²) in [7, 11) is -3.96. The van der Waals surface area contributed by atoms with Crippen LogP contribution in [-0.2, 0) is 21.4 Å². The number of hydrogen-bond acceptors (Lipinski definition) is 3. The van der Waals surface area contributed by atoms with Crippen molar-refractivity contribution in [1.82, 2.24) is 9.62 Å². The summed E-state index contributed by atoms with van der Waals surface area (Å²) in [5, 5.41) is 3.31. The van der Waals surface area contributed by atoms with E-state index in [0.717, 1.165) is 8.78 Å². The van der Waals surface area contributed by atoms with Gasteiger partial charge < -0.3 is 5.32 Å². The third-order valence-electron chi connectivity index (χ3n) is 4.79. The van der Waals surface area contributed by atoms with Crippen LogP contribution in [-0.4, -0.2) is 25.2 Å². The molecule has 0 aliphatic carbocycles. The average molecular weight is 540 g/mol. The van der Waals surface area contributed by atoms with E-state index in [4.69, 9.17) is 11.6 Å². The highest BCUT2D eigenvalue weighted by Crippen LogP contribution is 2.22. The van der Waals surface area contributed by atoms with Gasteiger partial charge in [0.15, 0.2) is 0 Å². The van der Waals surface area contributed by atoms with Gasteiger partial charge in [-0.2, -0.15) is 4.31 Å². The molecule has 3 aromatic rings. The smallest absolute Gasteiger partial charge is 0.243 e. The first-order valence-corrected chi connectivity index (χ1v) is 12.3. The summed E-state index contributed by atoms with van der Waals surface area (Å²) >= 11 is 9.23. The largest absolute Gasteiger partial charge is 0.348 e. The number of rotatable bonds is 8. The van der Waals surface area contributed by atoms with Crippen LogP contribution in [0.25, 0.3) is 0 Å². The SMILES string of the molecule is C[C@@H](NC(=O)CN(Cc1ccc(Cl)cc1)S(=O)(=O)c1ccc(Br)cc1)c1ccc(F)cc1. The second-order valence-electron chi connectivity index (χ2n) is 7.19. The monoisotopic (exact) mass is 538 g/mol. The Kier molecular flexibility index (Phi) is 8.05. The first kappa shape index (κ1) is 24.4. The lowest BCUT2D eigenvalue weighted by Gasteiger charge is -2.23. The van der Waals surface area contributed by atoms with Gasteiger partial charge in [0, 0.05) is 16.0 Å². The molecule has 5 nitrogen and oxygen atoms in total. The summed E-state index contributed by atoms with van der Waals surface area (Å²) in [6.45, 7) is 1.36. The first-order valence-electron chi connectivity index (χ1n) is 9.70. The molecule has 1 amide bonds. The van der Waals surface area contributed by atoms with Crippen molar-refractivity contribution in [3.05, 3.63) is 99.2 Å². The van der Waals surface area contributed by atoms with Crippen LogP contribution in [0, 0.1) is 5.82 Å². The summed E-state index contributed by atoms with van der Waals surface area (Å²) in [4.78, 5) is 12.8. The zero-order chi connectivity index (χ0) is 23.3. The van der Waals surface area contributed by atoms with E-state index in [1.807, 2.05) is 0 Å². The molecule has 0 spiro atoms. The van der Waals surface area contributed by atoms with Crippen LogP contribution in [0.2, 0.25) is 5.02 Å². The summed E-state index contributed by atoms with van der Waals surface area (Å²) in [5.74, 6) is -0.849. The van der Waals surface area contributed by atoms with E-state index >= 15 is 0 Å². The fourth-order valence-corrected chi connectivity index (χ4v) is 4.83. The molecular formula is C23H21BrClFN2O3S. The van der Waals surface area contributed by atoms with E-state index in [0.29, 0.717) is 16.1 Å². The molecule has 168 valence electrons. The van der Waals surface area contributed by atoms with Crippen LogP contribution in [0.5, 0.6) is 0 Å². The van der Waals surface area contributed by atoms with E-state index in [1.54, 1.807) is 55.5 Å². The van der Waals surface area contributed by atoms with E-state index in [-0.39, 0.29) is 23.8 Å². The Morgan fingerprint density at radius 2 is 1.62 bits per heavy atom. The van der Waals surface area contributed by atoms with E-state index in [9.17, 15) is 17.6 Å². The van der Waals surface area contributed by atoms with Crippen molar-refractivity contribution in [3.63, 3.8) is 0 Å². The highest BCUT2D eigenvalue weighted by atomic mass is 79.9. The number of hydrogen-bond donors (Lipinski definition) is 1. The number of sulfonamides is 1. The molecule has 0 bridgehead atoms. The molecule has 0 unspecified atom stereocenters. The van der Waals surface area contributed by atoms with Crippen LogP contribution < -0.4 is 5.32 Å². The fraction of sp³-hybridized carbons (Fsp3) is 0.174. The Labute approximate surface area is 200 Å². The van der Waals surface area contributed by atoms with Gasteiger partial charge in [0.05, 0.1) is 17.5 Å². The molecule has 3 aromatic carbocycles. The van der Waals surface area contributed by atoms with Gasteiger partial charge in [-0.05, 0) is 66.6 Å². The van der Waals surface area contributed by atoms with Gasteiger partial charge in [-0.15, -0.1) is 0 Å². The predicted molar refractivity (Wildman–Crippen MR) is 126 cm³/mol. The molecule has 3 rings (SSSR count). The van der Waals surface area contributed by atoms with Crippen LogP contribution in [0.1, 0.15) is 24.1 Å². The number of carbonyl (C=O) groups excluding carboxylic acids is 1. The molecule has 0 saturated carbocycles. The van der Waals surface area contributed by atoms with Crippen LogP contribution >= 0.6 is 27.5 Å². The maximum absolute atomic E-state index is 13.3. The van der Waals surface area contributed by atoms with Crippen molar-refractivity contribution in [3.8, 4) is 0 Å². The molecule has 0 radical (unpaired) electrons. The predicted octanol–water partition coefficient (Wildman–Crippen LogP) is 5.31. The average Bonchev–Trinajstić information content (AvgIpc) is 2.75. The van der Waals surface area contributed by atoms with Gasteiger partial charge in [0.1, 0.15) is 5.82 Å². The fourth-order valence-electron chi connectivity index (χ4n) is 3.06. The van der Waals surface area contributed by atoms with Gasteiger partial charge in [0.2, 0.25) is 15.9 Å². The van der Waals surface area contributed by atoms with Crippen molar-refractivity contribution in [2.24, 2.45) is 0 Å². The lowest BCUT2D eigenvalue weighted by Crippen LogP contribution is -2.41. The van der Waals surface area contributed by atoms with Crippen molar-refractivity contribution in [2.75, 3.05) is 6.54 Å². The van der Waals surface area contributed by atoms with E-state index < -0.39 is 22.0 Å². The van der Waals surface area contributed by atoms with E-state index in [2.05, 4.69) is 21.2 Å². The van der Waals surface area contributed by atoms with Crippen LogP contribution in [0.4, 0.5) is 4.39 Å². The molecule has 1 atom stereocenters. The van der Waals surface area contributed by atoms with Crippen molar-refractivity contribution < 1.29 is 17.6 Å². The number of amides is 1. The highest BCUT2D eigenvalue weighted by Gasteiger charge is 2.27. The Balaban J connectivity index is 1.82. The van der Waals surface area contributed by atoms with Gasteiger partial charge in [-0.3, -0.25) is 4.79 Å². The quantitative estimate of drug-likeness (QED) is 0.422. The summed E-state index contributed by atoms with van der Waals surface area (Å²) < 4.78 is 41.6. The van der Waals surface area contributed by atoms with Crippen LogP contribution in [0.15, 0.2) is 82.2 Å². The molecular weight excluding hydrogens is 519 g/mol. The standard InChI is InChI=1S/C23H21BrClFN2O3S/c1-16(18-4-10-21(26)11-5-18)27-23(29)15-28(14-17-2-8-20(25)9-3-17)32(30,31)22-12-6-19(24)7-13-22/h2-13,16H,14-15H2,1H3,(H,27,29)/t16-/m1/s1. The molecule has 1 N–H and O–H groups in total. The Bertz CT molecular complexity index is 1170. The Morgan fingerprint density at radius 1 is 1.03 bits per heavy atom. The number of halogens is 3. The zero-order valence-electron chi connectivity index (χ0n) is 17.1.